The highest BCUT2D eigenvalue weighted by Gasteiger charge is 2.39. The highest BCUT2D eigenvalue weighted by molar-refractivity contribution is 5.74. The highest BCUT2D eigenvalue weighted by Crippen LogP contribution is 2.35. The first-order chi connectivity index (χ1) is 9.88. The van der Waals surface area contributed by atoms with Crippen molar-refractivity contribution in [2.24, 2.45) is 5.41 Å². The van der Waals surface area contributed by atoms with Gasteiger partial charge in [0.05, 0.1) is 5.41 Å². The number of aryl methyl sites for hydroxylation is 3. The monoisotopic (exact) mass is 289 g/mol. The smallest absolute Gasteiger partial charge is 0.309 e. The minimum atomic E-state index is -0.619. The van der Waals surface area contributed by atoms with Gasteiger partial charge >= 0.3 is 5.97 Å². The topological polar surface area (TPSA) is 40.5 Å². The normalized spacial score (nSPS) is 18.7. The summed E-state index contributed by atoms with van der Waals surface area (Å²) in [4.78, 5) is 13.9. The molecule has 116 valence electrons. The fourth-order valence-electron chi connectivity index (χ4n) is 3.29. The van der Waals surface area contributed by atoms with E-state index in [2.05, 4.69) is 37.8 Å². The van der Waals surface area contributed by atoms with Crippen LogP contribution in [0.1, 0.15) is 48.4 Å². The number of hydrogen-bond acceptors (Lipinski definition) is 2. The van der Waals surface area contributed by atoms with Crippen LogP contribution in [0.4, 0.5) is 0 Å². The molecule has 0 radical (unpaired) electrons. The number of benzene rings is 1. The molecule has 3 nitrogen and oxygen atoms in total. The van der Waals surface area contributed by atoms with E-state index in [1.165, 1.54) is 22.3 Å². The van der Waals surface area contributed by atoms with Gasteiger partial charge in [-0.05, 0) is 75.4 Å². The van der Waals surface area contributed by atoms with Gasteiger partial charge in [-0.1, -0.05) is 19.1 Å². The van der Waals surface area contributed by atoms with Gasteiger partial charge in [0.25, 0.3) is 0 Å². The molecule has 21 heavy (non-hydrogen) atoms. The van der Waals surface area contributed by atoms with Crippen molar-refractivity contribution in [3.8, 4) is 0 Å². The zero-order valence-electron chi connectivity index (χ0n) is 13.7. The Balaban J connectivity index is 2.04. The van der Waals surface area contributed by atoms with Crippen LogP contribution in [-0.2, 0) is 11.3 Å². The number of carbonyl (C=O) groups is 1. The fraction of sp³-hybridized carbons (Fsp3) is 0.611. The Morgan fingerprint density at radius 2 is 1.71 bits per heavy atom. The third kappa shape index (κ3) is 3.29. The van der Waals surface area contributed by atoms with Crippen molar-refractivity contribution in [2.45, 2.75) is 53.5 Å². The Kier molecular flexibility index (Phi) is 4.72. The third-order valence-corrected chi connectivity index (χ3v) is 5.29. The molecule has 1 aromatic rings. The zero-order valence-corrected chi connectivity index (χ0v) is 13.7. The summed E-state index contributed by atoms with van der Waals surface area (Å²) in [6.07, 6.45) is 2.27. The fourth-order valence-corrected chi connectivity index (χ4v) is 3.29. The van der Waals surface area contributed by atoms with Crippen LogP contribution >= 0.6 is 0 Å². The largest absolute Gasteiger partial charge is 0.481 e. The van der Waals surface area contributed by atoms with Gasteiger partial charge < -0.3 is 5.11 Å². The van der Waals surface area contributed by atoms with E-state index in [1.54, 1.807) is 0 Å². The molecular formula is C18H27NO2. The number of carboxylic acid groups (broad SMARTS) is 1. The van der Waals surface area contributed by atoms with Crippen molar-refractivity contribution >= 4 is 5.97 Å². The Morgan fingerprint density at radius 3 is 2.24 bits per heavy atom. The van der Waals surface area contributed by atoms with Crippen LogP contribution < -0.4 is 0 Å². The predicted molar refractivity (Wildman–Crippen MR) is 85.5 cm³/mol. The van der Waals surface area contributed by atoms with Crippen LogP contribution in [0, 0.1) is 26.2 Å². The van der Waals surface area contributed by atoms with E-state index in [9.17, 15) is 9.90 Å². The predicted octanol–water partition coefficient (Wildman–Crippen LogP) is 3.69. The Bertz CT molecular complexity index is 528. The molecule has 1 aromatic carbocycles. The molecule has 0 unspecified atom stereocenters. The number of likely N-dealkylation sites (tertiary alicyclic amines) is 1. The van der Waals surface area contributed by atoms with Gasteiger partial charge in [-0.25, -0.2) is 0 Å². The molecule has 0 atom stereocenters. The number of hydrogen-bond donors (Lipinski definition) is 1. The third-order valence-electron chi connectivity index (χ3n) is 5.29. The quantitative estimate of drug-likeness (QED) is 0.919. The second kappa shape index (κ2) is 6.18. The summed E-state index contributed by atoms with van der Waals surface area (Å²) in [7, 11) is 0. The van der Waals surface area contributed by atoms with Crippen LogP contribution in [0.2, 0.25) is 0 Å². The van der Waals surface area contributed by atoms with Gasteiger partial charge in [0.15, 0.2) is 0 Å². The first-order valence-corrected chi connectivity index (χ1v) is 7.90. The van der Waals surface area contributed by atoms with Crippen molar-refractivity contribution in [3.05, 3.63) is 34.4 Å². The molecule has 0 spiro atoms. The van der Waals surface area contributed by atoms with Gasteiger partial charge in [-0.15, -0.1) is 0 Å². The molecule has 3 heteroatoms. The Labute approximate surface area is 128 Å². The van der Waals surface area contributed by atoms with E-state index in [0.29, 0.717) is 0 Å². The lowest BCUT2D eigenvalue weighted by Gasteiger charge is -2.38. The van der Waals surface area contributed by atoms with Crippen LogP contribution in [0.15, 0.2) is 12.1 Å². The summed E-state index contributed by atoms with van der Waals surface area (Å²) in [5.74, 6) is -0.619. The van der Waals surface area contributed by atoms with Crippen LogP contribution in [0.5, 0.6) is 0 Å². The van der Waals surface area contributed by atoms with Crippen molar-refractivity contribution in [1.82, 2.24) is 4.90 Å². The summed E-state index contributed by atoms with van der Waals surface area (Å²) in [6, 6.07) is 4.53. The van der Waals surface area contributed by atoms with Gasteiger partial charge in [-0.2, -0.15) is 0 Å². The van der Waals surface area contributed by atoms with Crippen molar-refractivity contribution in [3.63, 3.8) is 0 Å². The molecule has 0 aliphatic carbocycles. The second-order valence-electron chi connectivity index (χ2n) is 6.58. The average molecular weight is 289 g/mol. The van der Waals surface area contributed by atoms with E-state index in [-0.39, 0.29) is 0 Å². The molecule has 0 bridgehead atoms. The van der Waals surface area contributed by atoms with E-state index in [4.69, 9.17) is 0 Å². The average Bonchev–Trinajstić information content (AvgIpc) is 2.45. The maximum atomic E-state index is 11.5. The molecule has 0 aromatic heterocycles. The molecule has 1 aliphatic heterocycles. The van der Waals surface area contributed by atoms with Crippen LogP contribution in [0.3, 0.4) is 0 Å². The van der Waals surface area contributed by atoms with Gasteiger partial charge in [0.1, 0.15) is 0 Å². The first kappa shape index (κ1) is 16.0. The van der Waals surface area contributed by atoms with E-state index < -0.39 is 11.4 Å². The number of rotatable bonds is 4. The molecule has 1 saturated heterocycles. The zero-order chi connectivity index (χ0) is 15.6. The minimum absolute atomic E-state index is 0.491. The lowest BCUT2D eigenvalue weighted by molar-refractivity contribution is -0.152. The lowest BCUT2D eigenvalue weighted by atomic mass is 9.76. The molecule has 0 amide bonds. The summed E-state index contributed by atoms with van der Waals surface area (Å²) >= 11 is 0. The minimum Gasteiger partial charge on any atom is -0.481 e. The molecular weight excluding hydrogens is 262 g/mol. The van der Waals surface area contributed by atoms with Gasteiger partial charge in [0.2, 0.25) is 0 Å². The van der Waals surface area contributed by atoms with E-state index >= 15 is 0 Å². The number of carboxylic acids is 1. The number of aliphatic carboxylic acids is 1. The molecule has 1 N–H and O–H groups in total. The van der Waals surface area contributed by atoms with Crippen LogP contribution in [0.25, 0.3) is 0 Å². The molecule has 2 rings (SSSR count). The second-order valence-corrected chi connectivity index (χ2v) is 6.58. The Hall–Kier alpha value is -1.35. The van der Waals surface area contributed by atoms with E-state index in [1.807, 2.05) is 6.92 Å². The first-order valence-electron chi connectivity index (χ1n) is 7.90. The summed E-state index contributed by atoms with van der Waals surface area (Å²) in [5, 5.41) is 9.46. The van der Waals surface area contributed by atoms with E-state index in [0.717, 1.165) is 38.9 Å². The number of piperidine rings is 1. The summed E-state index contributed by atoms with van der Waals surface area (Å²) in [6.45, 7) is 11.2. The lowest BCUT2D eigenvalue weighted by Crippen LogP contribution is -2.43. The molecule has 1 fully saturated rings. The maximum absolute atomic E-state index is 11.5. The van der Waals surface area contributed by atoms with Gasteiger partial charge in [0, 0.05) is 6.54 Å². The molecule has 0 saturated carbocycles. The standard InChI is InChI=1S/C18H27NO2/c1-5-18(17(20)21)6-8-19(9-7-18)12-16-11-14(3)13(2)10-15(16)4/h10-11H,5-9,12H2,1-4H3,(H,20,21). The molecule has 1 aliphatic rings. The van der Waals surface area contributed by atoms with Crippen molar-refractivity contribution in [2.75, 3.05) is 13.1 Å². The highest BCUT2D eigenvalue weighted by atomic mass is 16.4. The van der Waals surface area contributed by atoms with Crippen molar-refractivity contribution in [1.29, 1.82) is 0 Å². The van der Waals surface area contributed by atoms with Gasteiger partial charge in [-0.3, -0.25) is 9.69 Å². The van der Waals surface area contributed by atoms with Crippen molar-refractivity contribution < 1.29 is 9.90 Å². The maximum Gasteiger partial charge on any atom is 0.309 e. The number of nitrogens with zero attached hydrogens (tertiary/aromatic N) is 1. The Morgan fingerprint density at radius 1 is 1.14 bits per heavy atom. The van der Waals surface area contributed by atoms with Crippen LogP contribution in [-0.4, -0.2) is 29.1 Å². The summed E-state index contributed by atoms with van der Waals surface area (Å²) in [5.41, 5.74) is 4.89. The summed E-state index contributed by atoms with van der Waals surface area (Å²) < 4.78 is 0. The SMILES string of the molecule is CCC1(C(=O)O)CCN(Cc2cc(C)c(C)cc2C)CC1. The molecule has 1 heterocycles.